The van der Waals surface area contributed by atoms with Crippen LogP contribution in [0.3, 0.4) is 0 Å². The van der Waals surface area contributed by atoms with Crippen LogP contribution in [0.2, 0.25) is 0 Å². The number of amides is 1. The van der Waals surface area contributed by atoms with Gasteiger partial charge in [-0.3, -0.25) is 14.4 Å². The third-order valence-electron chi connectivity index (χ3n) is 4.58. The number of ether oxygens (including phenoxy) is 1. The predicted molar refractivity (Wildman–Crippen MR) is 104 cm³/mol. The van der Waals surface area contributed by atoms with Crippen LogP contribution >= 0.6 is 0 Å². The fraction of sp³-hybridized carbons (Fsp3) is 0.571. The summed E-state index contributed by atoms with van der Waals surface area (Å²) in [6.45, 7) is 5.85. The summed E-state index contributed by atoms with van der Waals surface area (Å²) in [6, 6.07) is 0. The van der Waals surface area contributed by atoms with Crippen molar-refractivity contribution in [2.45, 2.75) is 58.5 Å². The minimum absolute atomic E-state index is 0.0691. The molecule has 0 saturated heterocycles. The van der Waals surface area contributed by atoms with Gasteiger partial charge in [0.05, 0.1) is 12.7 Å². The Kier molecular flexibility index (Phi) is 9.15. The van der Waals surface area contributed by atoms with Gasteiger partial charge >= 0.3 is 5.97 Å². The standard InChI is InChI=1S/C21H31NO5/c1-15(9-10-18-16(2)13-17(23)14-21(18,3)26)12-19(24)22-11-7-5-6-8-20(25)27-4/h9-10,12-13,18,26H,5-8,11,14H2,1-4H3,(H,22,24)/b10-9+,15-12-. The lowest BCUT2D eigenvalue weighted by molar-refractivity contribution is -0.140. The molecule has 27 heavy (non-hydrogen) atoms. The summed E-state index contributed by atoms with van der Waals surface area (Å²) in [7, 11) is 1.37. The SMILES string of the molecule is COC(=O)CCCCCNC(=O)/C=C(C)\C=C\C1C(C)=CC(=O)CC1(C)O. The highest BCUT2D eigenvalue weighted by Gasteiger charge is 2.36. The minimum atomic E-state index is -1.11. The number of carbonyl (C=O) groups is 3. The molecule has 6 nitrogen and oxygen atoms in total. The van der Waals surface area contributed by atoms with Crippen LogP contribution < -0.4 is 5.32 Å². The number of methoxy groups -OCH3 is 1. The average Bonchev–Trinajstić information content (AvgIpc) is 2.55. The molecule has 0 saturated carbocycles. The molecule has 1 aliphatic rings. The van der Waals surface area contributed by atoms with Gasteiger partial charge < -0.3 is 15.2 Å². The summed E-state index contributed by atoms with van der Waals surface area (Å²) in [6.07, 6.45) is 9.60. The number of hydrogen-bond acceptors (Lipinski definition) is 5. The second-order valence-corrected chi connectivity index (χ2v) is 7.29. The minimum Gasteiger partial charge on any atom is -0.469 e. The fourth-order valence-corrected chi connectivity index (χ4v) is 3.15. The molecule has 0 aromatic heterocycles. The zero-order chi connectivity index (χ0) is 20.4. The van der Waals surface area contributed by atoms with Crippen molar-refractivity contribution >= 4 is 17.7 Å². The monoisotopic (exact) mass is 377 g/mol. The number of aliphatic hydroxyl groups is 1. The molecule has 0 aliphatic heterocycles. The van der Waals surface area contributed by atoms with E-state index < -0.39 is 5.60 Å². The molecule has 0 heterocycles. The highest BCUT2D eigenvalue weighted by molar-refractivity contribution is 5.92. The van der Waals surface area contributed by atoms with Gasteiger partial charge in [-0.2, -0.15) is 0 Å². The number of rotatable bonds is 9. The van der Waals surface area contributed by atoms with E-state index in [-0.39, 0.29) is 30.0 Å². The van der Waals surface area contributed by atoms with Gasteiger partial charge in [0, 0.05) is 31.4 Å². The number of allylic oxidation sites excluding steroid dienone is 3. The summed E-state index contributed by atoms with van der Waals surface area (Å²) in [5, 5.41) is 13.3. The largest absolute Gasteiger partial charge is 0.469 e. The Bertz CT molecular complexity index is 643. The first-order valence-corrected chi connectivity index (χ1v) is 9.30. The summed E-state index contributed by atoms with van der Waals surface area (Å²) < 4.78 is 4.57. The highest BCUT2D eigenvalue weighted by Crippen LogP contribution is 2.33. The molecule has 2 atom stereocenters. The quantitative estimate of drug-likeness (QED) is 0.279. The second kappa shape index (κ2) is 10.8. The van der Waals surface area contributed by atoms with E-state index in [4.69, 9.17) is 0 Å². The molecular formula is C21H31NO5. The Morgan fingerprint density at radius 3 is 2.70 bits per heavy atom. The summed E-state index contributed by atoms with van der Waals surface area (Å²) >= 11 is 0. The fourth-order valence-electron chi connectivity index (χ4n) is 3.15. The van der Waals surface area contributed by atoms with Crippen LogP contribution in [0.15, 0.2) is 35.5 Å². The molecule has 0 radical (unpaired) electrons. The Labute approximate surface area is 161 Å². The summed E-state index contributed by atoms with van der Waals surface area (Å²) in [5.74, 6) is -0.712. The molecule has 0 fully saturated rings. The van der Waals surface area contributed by atoms with E-state index in [1.165, 1.54) is 13.2 Å². The van der Waals surface area contributed by atoms with Crippen molar-refractivity contribution in [2.75, 3.05) is 13.7 Å². The van der Waals surface area contributed by atoms with Gasteiger partial charge in [-0.25, -0.2) is 0 Å². The molecule has 0 aromatic carbocycles. The van der Waals surface area contributed by atoms with Crippen LogP contribution in [0.1, 0.15) is 52.9 Å². The molecule has 2 unspecified atom stereocenters. The Morgan fingerprint density at radius 1 is 1.37 bits per heavy atom. The van der Waals surface area contributed by atoms with Crippen molar-refractivity contribution in [3.63, 3.8) is 0 Å². The number of hydrogen-bond donors (Lipinski definition) is 2. The zero-order valence-electron chi connectivity index (χ0n) is 16.7. The van der Waals surface area contributed by atoms with E-state index in [1.807, 2.05) is 19.9 Å². The molecular weight excluding hydrogens is 346 g/mol. The van der Waals surface area contributed by atoms with E-state index in [9.17, 15) is 19.5 Å². The summed E-state index contributed by atoms with van der Waals surface area (Å²) in [4.78, 5) is 34.5. The van der Waals surface area contributed by atoms with E-state index >= 15 is 0 Å². The first-order valence-electron chi connectivity index (χ1n) is 9.30. The molecule has 150 valence electrons. The van der Waals surface area contributed by atoms with Crippen LogP contribution in [0.4, 0.5) is 0 Å². The van der Waals surface area contributed by atoms with Crippen LogP contribution in [-0.2, 0) is 19.1 Å². The van der Waals surface area contributed by atoms with Crippen LogP contribution in [0.5, 0.6) is 0 Å². The first kappa shape index (κ1) is 22.8. The van der Waals surface area contributed by atoms with E-state index in [0.717, 1.165) is 30.4 Å². The zero-order valence-corrected chi connectivity index (χ0v) is 16.7. The molecule has 1 aliphatic carbocycles. The van der Waals surface area contributed by atoms with Crippen LogP contribution in [0, 0.1) is 5.92 Å². The van der Waals surface area contributed by atoms with Gasteiger partial charge in [0.15, 0.2) is 5.78 Å². The molecule has 6 heteroatoms. The molecule has 0 aromatic rings. The Balaban J connectivity index is 2.43. The third kappa shape index (κ3) is 8.35. The highest BCUT2D eigenvalue weighted by atomic mass is 16.5. The van der Waals surface area contributed by atoms with Crippen LogP contribution in [-0.4, -0.2) is 42.0 Å². The first-order chi connectivity index (χ1) is 12.7. The topological polar surface area (TPSA) is 92.7 Å². The van der Waals surface area contributed by atoms with Crippen molar-refractivity contribution in [1.82, 2.24) is 5.32 Å². The normalized spacial score (nSPS) is 23.3. The second-order valence-electron chi connectivity index (χ2n) is 7.29. The summed E-state index contributed by atoms with van der Waals surface area (Å²) in [5.41, 5.74) is 0.467. The van der Waals surface area contributed by atoms with Gasteiger partial charge in [0.1, 0.15) is 0 Å². The van der Waals surface area contributed by atoms with Crippen molar-refractivity contribution in [3.8, 4) is 0 Å². The lowest BCUT2D eigenvalue weighted by Gasteiger charge is -2.34. The smallest absolute Gasteiger partial charge is 0.305 e. The van der Waals surface area contributed by atoms with Crippen molar-refractivity contribution < 1.29 is 24.2 Å². The maximum atomic E-state index is 11.9. The number of unbranched alkanes of at least 4 members (excludes halogenated alkanes) is 2. The average molecular weight is 377 g/mol. The molecule has 2 N–H and O–H groups in total. The van der Waals surface area contributed by atoms with Crippen molar-refractivity contribution in [2.24, 2.45) is 5.92 Å². The number of nitrogens with one attached hydrogen (secondary N) is 1. The predicted octanol–water partition coefficient (Wildman–Crippen LogP) is 2.62. The Hall–Kier alpha value is -2.21. The van der Waals surface area contributed by atoms with Gasteiger partial charge in [-0.1, -0.05) is 24.1 Å². The molecule has 0 bridgehead atoms. The van der Waals surface area contributed by atoms with Gasteiger partial charge in [0.25, 0.3) is 0 Å². The third-order valence-corrected chi connectivity index (χ3v) is 4.58. The van der Waals surface area contributed by atoms with Gasteiger partial charge in [-0.15, -0.1) is 0 Å². The number of carbonyl (C=O) groups excluding carboxylic acids is 3. The molecule has 1 rings (SSSR count). The van der Waals surface area contributed by atoms with E-state index in [1.54, 1.807) is 19.1 Å². The number of ketones is 1. The van der Waals surface area contributed by atoms with Crippen molar-refractivity contribution in [1.29, 1.82) is 0 Å². The van der Waals surface area contributed by atoms with Gasteiger partial charge in [0.2, 0.25) is 5.91 Å². The van der Waals surface area contributed by atoms with Gasteiger partial charge in [-0.05, 0) is 45.3 Å². The molecule has 1 amide bonds. The Morgan fingerprint density at radius 2 is 2.07 bits per heavy atom. The van der Waals surface area contributed by atoms with Crippen molar-refractivity contribution in [3.05, 3.63) is 35.5 Å². The van der Waals surface area contributed by atoms with E-state index in [2.05, 4.69) is 10.1 Å². The maximum Gasteiger partial charge on any atom is 0.305 e. The lowest BCUT2D eigenvalue weighted by Crippen LogP contribution is -2.39. The molecule has 0 spiro atoms. The van der Waals surface area contributed by atoms with Crippen LogP contribution in [0.25, 0.3) is 0 Å². The maximum absolute atomic E-state index is 11.9. The lowest BCUT2D eigenvalue weighted by atomic mass is 9.75. The number of esters is 1. The van der Waals surface area contributed by atoms with E-state index in [0.29, 0.717) is 13.0 Å².